The quantitative estimate of drug-likeness (QED) is 0.168. The van der Waals surface area contributed by atoms with Crippen LogP contribution in [0.4, 0.5) is 0 Å². The second-order valence-corrected chi connectivity index (χ2v) is 17.3. The van der Waals surface area contributed by atoms with Gasteiger partial charge in [-0.3, -0.25) is 0 Å². The van der Waals surface area contributed by atoms with Crippen LogP contribution in [0.15, 0.2) is 206 Å². The van der Waals surface area contributed by atoms with Crippen molar-refractivity contribution in [2.75, 3.05) is 0 Å². The topological polar surface area (TPSA) is 0 Å². The number of thiophene rings is 2. The molecule has 12 rings (SSSR count). The lowest BCUT2D eigenvalue weighted by Crippen LogP contribution is -1.88. The summed E-state index contributed by atoms with van der Waals surface area (Å²) in [6, 6.07) is 76.5. The van der Waals surface area contributed by atoms with E-state index < -0.39 is 0 Å². The number of benzene rings is 9. The normalized spacial score (nSPS) is 11.8. The first-order chi connectivity index (χ1) is 28.7. The van der Waals surface area contributed by atoms with E-state index in [1.165, 1.54) is 117 Å². The van der Waals surface area contributed by atoms with E-state index in [9.17, 15) is 0 Å². The van der Waals surface area contributed by atoms with Gasteiger partial charge in [0.05, 0.1) is 0 Å². The highest BCUT2D eigenvalue weighted by molar-refractivity contribution is 7.26. The van der Waals surface area contributed by atoms with E-state index in [2.05, 4.69) is 206 Å². The monoisotopic (exact) mass is 770 g/mol. The van der Waals surface area contributed by atoms with Crippen molar-refractivity contribution in [2.24, 2.45) is 0 Å². The molecule has 0 spiro atoms. The number of hydrogen-bond donors (Lipinski definition) is 0. The number of rotatable bonds is 3. The SMILES string of the molecule is c1cccc(-c2ccc(-c3ccc4sc5cc6cc7c(cc6cc5c4c3)sc3ccccc37)c3ccccc23)c2ccccc2c(-c2cccc3ccccc23)cc1. The van der Waals surface area contributed by atoms with Crippen molar-refractivity contribution in [3.63, 3.8) is 0 Å². The first kappa shape index (κ1) is 33.3. The van der Waals surface area contributed by atoms with Crippen LogP contribution >= 0.6 is 22.7 Å². The third kappa shape index (κ3) is 5.34. The van der Waals surface area contributed by atoms with Crippen LogP contribution in [0.2, 0.25) is 0 Å². The molecular weight excluding hydrogens is 737 g/mol. The van der Waals surface area contributed by atoms with Gasteiger partial charge < -0.3 is 0 Å². The van der Waals surface area contributed by atoms with E-state index in [1.807, 2.05) is 22.7 Å². The van der Waals surface area contributed by atoms with Crippen LogP contribution in [0.5, 0.6) is 0 Å². The Kier molecular flexibility index (Phi) is 7.69. The maximum Gasteiger partial charge on any atom is 0.0361 e. The molecule has 2 heterocycles. The third-order valence-corrected chi connectivity index (χ3v) is 14.2. The van der Waals surface area contributed by atoms with Crippen molar-refractivity contribution in [2.45, 2.75) is 0 Å². The average molecular weight is 771 g/mol. The molecule has 12 aromatic rings. The van der Waals surface area contributed by atoms with E-state index in [-0.39, 0.29) is 0 Å². The van der Waals surface area contributed by atoms with Crippen LogP contribution < -0.4 is 0 Å². The molecule has 58 heavy (non-hydrogen) atoms. The second kappa shape index (κ2) is 13.4. The van der Waals surface area contributed by atoms with Crippen molar-refractivity contribution >= 4 is 106 Å². The van der Waals surface area contributed by atoms with E-state index in [1.54, 1.807) is 0 Å². The van der Waals surface area contributed by atoms with Gasteiger partial charge in [0.25, 0.3) is 0 Å². The first-order valence-electron chi connectivity index (χ1n) is 19.8. The Labute approximate surface area is 343 Å². The van der Waals surface area contributed by atoms with Gasteiger partial charge in [-0.25, -0.2) is 0 Å². The highest BCUT2D eigenvalue weighted by atomic mass is 32.1. The Hall–Kier alpha value is -6.84. The minimum Gasteiger partial charge on any atom is -0.135 e. The highest BCUT2D eigenvalue weighted by Crippen LogP contribution is 2.44. The van der Waals surface area contributed by atoms with Crippen LogP contribution in [0.3, 0.4) is 0 Å². The summed E-state index contributed by atoms with van der Waals surface area (Å²) in [5.41, 5.74) is 7.35. The minimum atomic E-state index is 1.20. The molecule has 0 bridgehead atoms. The molecule has 0 saturated carbocycles. The largest absolute Gasteiger partial charge is 0.135 e. The molecule has 0 aliphatic rings. The van der Waals surface area contributed by atoms with Gasteiger partial charge in [0.15, 0.2) is 0 Å². The number of fused-ring (bicyclic) bond motifs is 10. The molecule has 0 atom stereocenters. The van der Waals surface area contributed by atoms with Gasteiger partial charge >= 0.3 is 0 Å². The van der Waals surface area contributed by atoms with Gasteiger partial charge in [-0.1, -0.05) is 164 Å². The molecular formula is C56H34S2. The van der Waals surface area contributed by atoms with Crippen LogP contribution in [0.25, 0.3) is 117 Å². The van der Waals surface area contributed by atoms with Crippen LogP contribution in [-0.4, -0.2) is 0 Å². The maximum atomic E-state index is 2.42. The fraction of sp³-hybridized carbons (Fsp3) is 0. The van der Waals surface area contributed by atoms with Gasteiger partial charge in [-0.05, 0) is 119 Å². The van der Waals surface area contributed by atoms with E-state index >= 15 is 0 Å². The van der Waals surface area contributed by atoms with Crippen LogP contribution in [0, 0.1) is 0 Å². The smallest absolute Gasteiger partial charge is 0.0361 e. The van der Waals surface area contributed by atoms with E-state index in [0.717, 1.165) is 0 Å². The second-order valence-electron chi connectivity index (χ2n) is 15.2. The average Bonchev–Trinajstić information content (AvgIpc) is 3.82. The molecule has 0 saturated heterocycles. The Morgan fingerprint density at radius 1 is 0.207 bits per heavy atom. The summed E-state index contributed by atoms with van der Waals surface area (Å²) < 4.78 is 5.35. The van der Waals surface area contributed by atoms with Gasteiger partial charge in [0.1, 0.15) is 0 Å². The van der Waals surface area contributed by atoms with Crippen LogP contribution in [0.1, 0.15) is 0 Å². The lowest BCUT2D eigenvalue weighted by Gasteiger charge is -2.15. The number of hydrogen-bond acceptors (Lipinski definition) is 2. The molecule has 0 radical (unpaired) electrons. The maximum absolute atomic E-state index is 2.42. The van der Waals surface area contributed by atoms with Gasteiger partial charge in [0, 0.05) is 40.3 Å². The molecule has 0 nitrogen and oxygen atoms in total. The predicted octanol–water partition coefficient (Wildman–Crippen LogP) is 17.2. The summed E-state index contributed by atoms with van der Waals surface area (Å²) >= 11 is 3.78. The Balaban J connectivity index is 1.05. The van der Waals surface area contributed by atoms with Gasteiger partial charge in [-0.15, -0.1) is 22.7 Å². The molecule has 0 amide bonds. The summed E-state index contributed by atoms with van der Waals surface area (Å²) in [5, 5.41) is 15.4. The zero-order chi connectivity index (χ0) is 38.2. The van der Waals surface area contributed by atoms with E-state index in [4.69, 9.17) is 0 Å². The fourth-order valence-corrected chi connectivity index (χ4v) is 11.4. The highest BCUT2D eigenvalue weighted by Gasteiger charge is 2.16. The standard InChI is InChI=1S/C56H34S2/c1-2-4-18-47(46-22-10-9-21-45(46)43(17-3-1)42-24-13-15-35-14-5-6-16-39(35)42)48-28-27-40(41-19-7-8-20-44(41)48)36-26-29-54-51(30-36)52-32-38-33-55-50(31-37(38)34-56(52)58-54)49-23-11-12-25-53(49)57-55/h1-34H. The predicted molar refractivity (Wildman–Crippen MR) is 256 cm³/mol. The summed E-state index contributed by atoms with van der Waals surface area (Å²) in [6.45, 7) is 0. The molecule has 10 aromatic carbocycles. The molecule has 0 N–H and O–H groups in total. The zero-order valence-corrected chi connectivity index (χ0v) is 33.1. The summed E-state index contributed by atoms with van der Waals surface area (Å²) in [7, 11) is 0. The Morgan fingerprint density at radius 2 is 0.638 bits per heavy atom. The Bertz CT molecular complexity index is 3690. The van der Waals surface area contributed by atoms with Gasteiger partial charge in [-0.2, -0.15) is 0 Å². The first-order valence-corrected chi connectivity index (χ1v) is 21.5. The van der Waals surface area contributed by atoms with Crippen molar-refractivity contribution in [1.29, 1.82) is 0 Å². The lowest BCUT2D eigenvalue weighted by molar-refractivity contribution is 1.66. The molecule has 0 fully saturated rings. The molecule has 0 aliphatic carbocycles. The fourth-order valence-electron chi connectivity index (χ4n) is 9.19. The zero-order valence-electron chi connectivity index (χ0n) is 31.4. The summed E-state index contributed by atoms with van der Waals surface area (Å²) in [6.07, 6.45) is 0. The summed E-state index contributed by atoms with van der Waals surface area (Å²) in [5.74, 6) is 0. The third-order valence-electron chi connectivity index (χ3n) is 11.9. The lowest BCUT2D eigenvalue weighted by atomic mass is 9.89. The molecule has 0 aliphatic heterocycles. The molecule has 2 heteroatoms. The minimum absolute atomic E-state index is 1.20. The van der Waals surface area contributed by atoms with Gasteiger partial charge in [0.2, 0.25) is 0 Å². The van der Waals surface area contributed by atoms with Crippen molar-refractivity contribution in [1.82, 2.24) is 0 Å². The van der Waals surface area contributed by atoms with Crippen molar-refractivity contribution < 1.29 is 0 Å². The molecule has 2 aromatic heterocycles. The van der Waals surface area contributed by atoms with Crippen molar-refractivity contribution in [3.8, 4) is 33.4 Å². The molecule has 270 valence electrons. The van der Waals surface area contributed by atoms with E-state index in [0.29, 0.717) is 0 Å². The summed E-state index contributed by atoms with van der Waals surface area (Å²) in [4.78, 5) is 0. The van der Waals surface area contributed by atoms with Crippen LogP contribution in [-0.2, 0) is 0 Å². The Morgan fingerprint density at radius 3 is 1.31 bits per heavy atom. The van der Waals surface area contributed by atoms with Crippen molar-refractivity contribution in [3.05, 3.63) is 206 Å². The molecule has 0 unspecified atom stereocenters.